The van der Waals surface area contributed by atoms with Gasteiger partial charge in [-0.2, -0.15) is 13.2 Å². The van der Waals surface area contributed by atoms with Gasteiger partial charge in [-0.25, -0.2) is 0 Å². The number of hydrogen-bond donors (Lipinski definition) is 1. The van der Waals surface area contributed by atoms with Crippen LogP contribution in [0.5, 0.6) is 0 Å². The first kappa shape index (κ1) is 16.0. The molecular weight excluding hydrogens is 255 g/mol. The van der Waals surface area contributed by atoms with Crippen molar-refractivity contribution in [1.29, 1.82) is 0 Å². The van der Waals surface area contributed by atoms with Gasteiger partial charge in [0.05, 0.1) is 17.7 Å². The second-order valence-electron chi connectivity index (χ2n) is 4.32. The second kappa shape index (κ2) is 6.91. The van der Waals surface area contributed by atoms with Gasteiger partial charge < -0.3 is 10.1 Å². The van der Waals surface area contributed by atoms with E-state index in [0.717, 1.165) is 6.07 Å². The molecule has 1 rings (SSSR count). The Labute approximate surface area is 112 Å². The average molecular weight is 275 g/mol. The van der Waals surface area contributed by atoms with Crippen molar-refractivity contribution in [2.24, 2.45) is 0 Å². The Morgan fingerprint density at radius 3 is 2.47 bits per heavy atom. The molecule has 2 unspecified atom stereocenters. The van der Waals surface area contributed by atoms with Gasteiger partial charge in [-0.05, 0) is 38.1 Å². The molecule has 0 saturated carbocycles. The lowest BCUT2D eigenvalue weighted by atomic mass is 9.99. The summed E-state index contributed by atoms with van der Waals surface area (Å²) in [7, 11) is 0. The van der Waals surface area contributed by atoms with Crippen LogP contribution >= 0.6 is 0 Å². The Hall–Kier alpha value is -1.07. The summed E-state index contributed by atoms with van der Waals surface area (Å²) in [4.78, 5) is 0. The van der Waals surface area contributed by atoms with Gasteiger partial charge in [-0.3, -0.25) is 0 Å². The highest BCUT2D eigenvalue weighted by atomic mass is 19.4. The Morgan fingerprint density at radius 1 is 1.26 bits per heavy atom. The molecule has 0 aliphatic heterocycles. The Morgan fingerprint density at radius 2 is 1.95 bits per heavy atom. The summed E-state index contributed by atoms with van der Waals surface area (Å²) in [6.07, 6.45) is -4.50. The fraction of sp³-hybridized carbons (Fsp3) is 0.571. The quantitative estimate of drug-likeness (QED) is 0.853. The van der Waals surface area contributed by atoms with Crippen LogP contribution in [0.3, 0.4) is 0 Å². The van der Waals surface area contributed by atoms with Crippen molar-refractivity contribution in [1.82, 2.24) is 5.32 Å². The third-order valence-corrected chi connectivity index (χ3v) is 2.90. The largest absolute Gasteiger partial charge is 0.416 e. The van der Waals surface area contributed by atoms with Crippen molar-refractivity contribution < 1.29 is 17.9 Å². The number of rotatable bonds is 6. The van der Waals surface area contributed by atoms with Gasteiger partial charge in [0.1, 0.15) is 0 Å². The van der Waals surface area contributed by atoms with Crippen LogP contribution in [0.25, 0.3) is 0 Å². The molecule has 2 nitrogen and oxygen atoms in total. The first-order valence-corrected chi connectivity index (χ1v) is 6.42. The molecule has 0 saturated heterocycles. The monoisotopic (exact) mass is 275 g/mol. The molecule has 0 radical (unpaired) electrons. The molecular formula is C14H20F3NO. The average Bonchev–Trinajstić information content (AvgIpc) is 2.35. The van der Waals surface area contributed by atoms with E-state index in [-0.39, 0.29) is 12.1 Å². The molecule has 108 valence electrons. The molecule has 0 spiro atoms. The van der Waals surface area contributed by atoms with E-state index < -0.39 is 11.7 Å². The van der Waals surface area contributed by atoms with E-state index in [2.05, 4.69) is 5.32 Å². The van der Waals surface area contributed by atoms with Crippen LogP contribution in [0.4, 0.5) is 13.2 Å². The van der Waals surface area contributed by atoms with E-state index in [1.54, 1.807) is 6.07 Å². The topological polar surface area (TPSA) is 21.3 Å². The number of alkyl halides is 3. The summed E-state index contributed by atoms with van der Waals surface area (Å²) in [5.41, 5.74) is -0.0331. The van der Waals surface area contributed by atoms with Gasteiger partial charge in [-0.1, -0.05) is 19.1 Å². The van der Waals surface area contributed by atoms with Crippen molar-refractivity contribution in [3.63, 3.8) is 0 Å². The van der Waals surface area contributed by atoms with Crippen LogP contribution in [0.1, 0.15) is 37.9 Å². The van der Waals surface area contributed by atoms with E-state index in [1.807, 2.05) is 20.8 Å². The molecule has 0 aliphatic carbocycles. The fourth-order valence-corrected chi connectivity index (χ4v) is 2.04. The minimum atomic E-state index is -4.32. The maximum atomic E-state index is 12.7. The van der Waals surface area contributed by atoms with Crippen molar-refractivity contribution in [2.75, 3.05) is 13.2 Å². The minimum Gasteiger partial charge on any atom is -0.377 e. The zero-order chi connectivity index (χ0) is 14.5. The Bertz CT molecular complexity index is 393. The molecule has 0 aromatic heterocycles. The summed E-state index contributed by atoms with van der Waals surface area (Å²) in [6.45, 7) is 6.84. The third-order valence-electron chi connectivity index (χ3n) is 2.90. The van der Waals surface area contributed by atoms with Gasteiger partial charge in [0.15, 0.2) is 0 Å². The van der Waals surface area contributed by atoms with E-state index in [0.29, 0.717) is 18.7 Å². The maximum Gasteiger partial charge on any atom is 0.416 e. The van der Waals surface area contributed by atoms with Crippen LogP contribution in [0.2, 0.25) is 0 Å². The molecule has 5 heteroatoms. The van der Waals surface area contributed by atoms with Gasteiger partial charge in [-0.15, -0.1) is 0 Å². The van der Waals surface area contributed by atoms with E-state index in [9.17, 15) is 13.2 Å². The fourth-order valence-electron chi connectivity index (χ4n) is 2.04. The van der Waals surface area contributed by atoms with E-state index in [4.69, 9.17) is 4.74 Å². The highest BCUT2D eigenvalue weighted by Crippen LogP contribution is 2.31. The summed E-state index contributed by atoms with van der Waals surface area (Å²) >= 11 is 0. The smallest absolute Gasteiger partial charge is 0.377 e. The van der Waals surface area contributed by atoms with Crippen LogP contribution < -0.4 is 5.32 Å². The molecule has 2 atom stereocenters. The maximum absolute atomic E-state index is 12.7. The molecule has 0 heterocycles. The molecule has 0 aliphatic rings. The standard InChI is InChI=1S/C14H20F3NO/c1-4-18-13(10(3)19-5-2)11-7-6-8-12(9-11)14(15,16)17/h6-10,13,18H,4-5H2,1-3H3. The lowest BCUT2D eigenvalue weighted by Crippen LogP contribution is -2.32. The first-order valence-electron chi connectivity index (χ1n) is 6.42. The summed E-state index contributed by atoms with van der Waals surface area (Å²) in [5, 5.41) is 3.17. The van der Waals surface area contributed by atoms with Gasteiger partial charge in [0.2, 0.25) is 0 Å². The van der Waals surface area contributed by atoms with Crippen LogP contribution in [-0.2, 0) is 10.9 Å². The number of halogens is 3. The van der Waals surface area contributed by atoms with Crippen molar-refractivity contribution >= 4 is 0 Å². The zero-order valence-corrected chi connectivity index (χ0v) is 11.4. The van der Waals surface area contributed by atoms with E-state index in [1.165, 1.54) is 12.1 Å². The first-order chi connectivity index (χ1) is 8.90. The molecule has 1 aromatic rings. The molecule has 0 amide bonds. The number of ether oxygens (including phenoxy) is 1. The summed E-state index contributed by atoms with van der Waals surface area (Å²) < 4.78 is 43.6. The highest BCUT2D eigenvalue weighted by Gasteiger charge is 2.31. The summed E-state index contributed by atoms with van der Waals surface area (Å²) in [5.74, 6) is 0. The van der Waals surface area contributed by atoms with Crippen LogP contribution in [-0.4, -0.2) is 19.3 Å². The van der Waals surface area contributed by atoms with Crippen molar-refractivity contribution in [2.45, 2.75) is 39.1 Å². The number of nitrogens with one attached hydrogen (secondary N) is 1. The molecule has 0 bridgehead atoms. The predicted octanol–water partition coefficient (Wildman–Crippen LogP) is 3.78. The Balaban J connectivity index is 3.02. The van der Waals surface area contributed by atoms with Gasteiger partial charge >= 0.3 is 6.18 Å². The number of benzene rings is 1. The van der Waals surface area contributed by atoms with Crippen LogP contribution in [0, 0.1) is 0 Å². The normalized spacial score (nSPS) is 15.3. The van der Waals surface area contributed by atoms with Gasteiger partial charge in [0.25, 0.3) is 0 Å². The van der Waals surface area contributed by atoms with Crippen LogP contribution in [0.15, 0.2) is 24.3 Å². The molecule has 1 aromatic carbocycles. The third kappa shape index (κ3) is 4.51. The van der Waals surface area contributed by atoms with E-state index >= 15 is 0 Å². The molecule has 0 fully saturated rings. The number of hydrogen-bond acceptors (Lipinski definition) is 2. The lowest BCUT2D eigenvalue weighted by molar-refractivity contribution is -0.137. The predicted molar refractivity (Wildman–Crippen MR) is 68.9 cm³/mol. The highest BCUT2D eigenvalue weighted by molar-refractivity contribution is 5.28. The van der Waals surface area contributed by atoms with Crippen molar-refractivity contribution in [3.05, 3.63) is 35.4 Å². The SMILES string of the molecule is CCNC(c1cccc(C(F)(F)F)c1)C(C)OCC. The Kier molecular flexibility index (Phi) is 5.82. The molecule has 19 heavy (non-hydrogen) atoms. The second-order valence-corrected chi connectivity index (χ2v) is 4.32. The molecule has 1 N–H and O–H groups in total. The number of likely N-dealkylation sites (N-methyl/N-ethyl adjacent to an activating group) is 1. The lowest BCUT2D eigenvalue weighted by Gasteiger charge is -2.25. The van der Waals surface area contributed by atoms with Crippen molar-refractivity contribution in [3.8, 4) is 0 Å². The van der Waals surface area contributed by atoms with Gasteiger partial charge in [0, 0.05) is 6.61 Å². The minimum absolute atomic E-state index is 0.187. The summed E-state index contributed by atoms with van der Waals surface area (Å²) in [6, 6.07) is 5.15. The zero-order valence-electron chi connectivity index (χ0n) is 11.4.